The minimum Gasteiger partial charge on any atom is -0.444 e. The van der Waals surface area contributed by atoms with Crippen molar-refractivity contribution in [1.29, 1.82) is 0 Å². The Balaban J connectivity index is 1.37. The van der Waals surface area contributed by atoms with E-state index < -0.39 is 17.5 Å². The number of ether oxygens (including phenoxy) is 1. The fourth-order valence-corrected chi connectivity index (χ4v) is 4.66. The molecule has 9 nitrogen and oxygen atoms in total. The van der Waals surface area contributed by atoms with Gasteiger partial charge in [-0.05, 0) is 23.6 Å². The van der Waals surface area contributed by atoms with Crippen LogP contribution in [0.2, 0.25) is 5.15 Å². The number of amides is 2. The smallest absolute Gasteiger partial charge is 0.358 e. The SMILES string of the molecule is CC(=O)N(c1cn(C2CC(OC(=O)c3cccc(Cl)n3)(C(N)=O)C2)cn1)c1cccc2ccccc12. The average molecular weight is 504 g/mol. The van der Waals surface area contributed by atoms with E-state index in [4.69, 9.17) is 22.1 Å². The molecule has 1 saturated carbocycles. The van der Waals surface area contributed by atoms with Gasteiger partial charge in [-0.25, -0.2) is 14.8 Å². The number of halogens is 1. The third kappa shape index (κ3) is 4.18. The first-order chi connectivity index (χ1) is 17.3. The topological polar surface area (TPSA) is 120 Å². The van der Waals surface area contributed by atoms with Gasteiger partial charge in [0.25, 0.3) is 5.91 Å². The van der Waals surface area contributed by atoms with Gasteiger partial charge < -0.3 is 15.0 Å². The molecule has 0 atom stereocenters. The number of esters is 1. The highest BCUT2D eigenvalue weighted by atomic mass is 35.5. The van der Waals surface area contributed by atoms with Crippen LogP contribution in [0.3, 0.4) is 0 Å². The van der Waals surface area contributed by atoms with Crippen LogP contribution in [0.4, 0.5) is 11.5 Å². The van der Waals surface area contributed by atoms with Crippen LogP contribution in [-0.4, -0.2) is 37.9 Å². The first kappa shape index (κ1) is 23.5. The summed E-state index contributed by atoms with van der Waals surface area (Å²) in [5.41, 5.74) is 4.85. The number of carbonyl (C=O) groups excluding carboxylic acids is 3. The maximum atomic E-state index is 12.7. The van der Waals surface area contributed by atoms with Gasteiger partial charge in [0.15, 0.2) is 11.4 Å². The summed E-state index contributed by atoms with van der Waals surface area (Å²) in [4.78, 5) is 47.4. The summed E-state index contributed by atoms with van der Waals surface area (Å²) in [6, 6.07) is 17.9. The van der Waals surface area contributed by atoms with Crippen LogP contribution in [0, 0.1) is 0 Å². The van der Waals surface area contributed by atoms with Gasteiger partial charge >= 0.3 is 5.97 Å². The van der Waals surface area contributed by atoms with Crippen molar-refractivity contribution in [3.8, 4) is 0 Å². The van der Waals surface area contributed by atoms with Crippen LogP contribution in [0.15, 0.2) is 73.2 Å². The standard InChI is InChI=1S/C26H22ClN5O4/c1-16(33)32(21-10-4-7-17-6-2-3-8-19(17)21)23-14-31(15-29-23)18-12-26(13-18,25(28)35)36-24(34)20-9-5-11-22(27)30-20/h2-11,14-15,18H,12-13H2,1H3,(H2,28,35). The zero-order chi connectivity index (χ0) is 25.4. The Kier molecular flexibility index (Phi) is 5.93. The highest BCUT2D eigenvalue weighted by Gasteiger charge is 2.53. The predicted octanol–water partition coefficient (Wildman–Crippen LogP) is 4.19. The Bertz CT molecular complexity index is 1490. The Morgan fingerprint density at radius 1 is 1.08 bits per heavy atom. The van der Waals surface area contributed by atoms with E-state index in [1.54, 1.807) is 28.1 Å². The van der Waals surface area contributed by atoms with Crippen molar-refractivity contribution in [2.24, 2.45) is 5.73 Å². The van der Waals surface area contributed by atoms with Crippen LogP contribution < -0.4 is 10.6 Å². The summed E-state index contributed by atoms with van der Waals surface area (Å²) >= 11 is 5.85. The largest absolute Gasteiger partial charge is 0.444 e. The summed E-state index contributed by atoms with van der Waals surface area (Å²) in [7, 11) is 0. The molecule has 5 rings (SSSR count). The summed E-state index contributed by atoms with van der Waals surface area (Å²) in [5.74, 6) is -1.27. The maximum Gasteiger partial charge on any atom is 0.358 e. The lowest BCUT2D eigenvalue weighted by molar-refractivity contribution is -0.152. The zero-order valence-electron chi connectivity index (χ0n) is 19.3. The van der Waals surface area contributed by atoms with Gasteiger partial charge in [-0.1, -0.05) is 54.1 Å². The van der Waals surface area contributed by atoms with Gasteiger partial charge in [0.2, 0.25) is 5.91 Å². The number of aromatic nitrogens is 3. The average Bonchev–Trinajstić information content (AvgIpc) is 3.30. The summed E-state index contributed by atoms with van der Waals surface area (Å²) in [5, 5.41) is 2.06. The second kappa shape index (κ2) is 9.09. The molecule has 1 fully saturated rings. The van der Waals surface area contributed by atoms with E-state index in [1.165, 1.54) is 19.1 Å². The molecule has 2 amide bonds. The molecule has 0 unspecified atom stereocenters. The van der Waals surface area contributed by atoms with Crippen molar-refractivity contribution in [2.75, 3.05) is 4.90 Å². The Hall–Kier alpha value is -4.24. The number of hydrogen-bond acceptors (Lipinski definition) is 6. The molecule has 1 aliphatic carbocycles. The van der Waals surface area contributed by atoms with Gasteiger partial charge in [0, 0.05) is 37.4 Å². The molecule has 0 bridgehead atoms. The number of benzene rings is 2. The molecular weight excluding hydrogens is 482 g/mol. The van der Waals surface area contributed by atoms with Crippen molar-refractivity contribution in [2.45, 2.75) is 31.4 Å². The number of fused-ring (bicyclic) bond motifs is 1. The van der Waals surface area contributed by atoms with Crippen LogP contribution in [-0.2, 0) is 14.3 Å². The number of imidazole rings is 1. The van der Waals surface area contributed by atoms with E-state index in [9.17, 15) is 14.4 Å². The number of primary amides is 1. The molecule has 2 heterocycles. The minimum absolute atomic E-state index is 0.0105. The zero-order valence-corrected chi connectivity index (χ0v) is 20.1. The first-order valence-electron chi connectivity index (χ1n) is 11.3. The molecule has 2 N–H and O–H groups in total. The lowest BCUT2D eigenvalue weighted by Gasteiger charge is -2.44. The fourth-order valence-electron chi connectivity index (χ4n) is 4.50. The summed E-state index contributed by atoms with van der Waals surface area (Å²) in [6.07, 6.45) is 3.66. The fraction of sp³-hybridized carbons (Fsp3) is 0.192. The number of rotatable bonds is 6. The Morgan fingerprint density at radius 2 is 1.81 bits per heavy atom. The van der Waals surface area contributed by atoms with E-state index in [2.05, 4.69) is 9.97 Å². The lowest BCUT2D eigenvalue weighted by atomic mass is 9.74. The van der Waals surface area contributed by atoms with E-state index >= 15 is 0 Å². The predicted molar refractivity (Wildman–Crippen MR) is 134 cm³/mol. The number of carbonyl (C=O) groups is 3. The van der Waals surface area contributed by atoms with Crippen molar-refractivity contribution >= 4 is 51.7 Å². The van der Waals surface area contributed by atoms with Gasteiger partial charge in [0.1, 0.15) is 10.8 Å². The van der Waals surface area contributed by atoms with Gasteiger partial charge in [0.05, 0.1) is 12.0 Å². The molecule has 0 spiro atoms. The minimum atomic E-state index is -1.47. The van der Waals surface area contributed by atoms with Crippen LogP contribution >= 0.6 is 11.6 Å². The lowest BCUT2D eigenvalue weighted by Crippen LogP contribution is -2.57. The molecule has 10 heteroatoms. The van der Waals surface area contributed by atoms with E-state index in [0.29, 0.717) is 11.5 Å². The number of pyridine rings is 1. The highest BCUT2D eigenvalue weighted by molar-refractivity contribution is 6.29. The second-order valence-corrected chi connectivity index (χ2v) is 9.07. The molecule has 2 aromatic carbocycles. The molecule has 0 saturated heterocycles. The molecule has 182 valence electrons. The van der Waals surface area contributed by atoms with Crippen molar-refractivity contribution in [3.05, 3.63) is 84.0 Å². The van der Waals surface area contributed by atoms with Crippen molar-refractivity contribution in [1.82, 2.24) is 14.5 Å². The van der Waals surface area contributed by atoms with Crippen molar-refractivity contribution < 1.29 is 19.1 Å². The molecule has 1 aliphatic rings. The molecule has 36 heavy (non-hydrogen) atoms. The molecular formula is C26H22ClN5O4. The quantitative estimate of drug-likeness (QED) is 0.311. The second-order valence-electron chi connectivity index (χ2n) is 8.69. The number of nitrogens with zero attached hydrogens (tertiary/aromatic N) is 4. The third-order valence-corrected chi connectivity index (χ3v) is 6.56. The van der Waals surface area contributed by atoms with Crippen LogP contribution in [0.25, 0.3) is 10.8 Å². The molecule has 4 aromatic rings. The van der Waals surface area contributed by atoms with Crippen LogP contribution in [0.1, 0.15) is 36.3 Å². The molecule has 0 aliphatic heterocycles. The van der Waals surface area contributed by atoms with Crippen LogP contribution in [0.5, 0.6) is 0 Å². The van der Waals surface area contributed by atoms with Gasteiger partial charge in [-0.2, -0.15) is 0 Å². The van der Waals surface area contributed by atoms with Gasteiger partial charge in [-0.3, -0.25) is 14.5 Å². The van der Waals surface area contributed by atoms with E-state index in [1.807, 2.05) is 42.5 Å². The summed E-state index contributed by atoms with van der Waals surface area (Å²) in [6.45, 7) is 1.48. The highest BCUT2D eigenvalue weighted by Crippen LogP contribution is 2.45. The Labute approximate surface area is 211 Å². The van der Waals surface area contributed by atoms with E-state index in [0.717, 1.165) is 10.8 Å². The first-order valence-corrected chi connectivity index (χ1v) is 11.6. The van der Waals surface area contributed by atoms with Crippen molar-refractivity contribution in [3.63, 3.8) is 0 Å². The normalized spacial score (nSPS) is 18.9. The third-order valence-electron chi connectivity index (χ3n) is 6.35. The molecule has 2 aromatic heterocycles. The maximum absolute atomic E-state index is 12.7. The number of hydrogen-bond donors (Lipinski definition) is 1. The Morgan fingerprint density at radius 3 is 2.53 bits per heavy atom. The summed E-state index contributed by atoms with van der Waals surface area (Å²) < 4.78 is 7.30. The monoisotopic (exact) mass is 503 g/mol. The van der Waals surface area contributed by atoms with Gasteiger partial charge in [-0.15, -0.1) is 0 Å². The van der Waals surface area contributed by atoms with E-state index in [-0.39, 0.29) is 35.6 Å². The number of anilines is 2. The molecule has 0 radical (unpaired) electrons. The number of nitrogens with two attached hydrogens (primary N) is 1.